The largest absolute Gasteiger partial charge is 0.375 e. The molecule has 0 aliphatic heterocycles. The molecule has 4 heteroatoms. The summed E-state index contributed by atoms with van der Waals surface area (Å²) in [5.74, 6) is 0. The Morgan fingerprint density at radius 2 is 2.45 bits per heavy atom. The Balaban J connectivity index is 2.45. The van der Waals surface area contributed by atoms with Gasteiger partial charge in [0.1, 0.15) is 0 Å². The highest BCUT2D eigenvalue weighted by Gasteiger charge is 2.00. The van der Waals surface area contributed by atoms with Crippen molar-refractivity contribution in [3.8, 4) is 10.6 Å². The van der Waals surface area contributed by atoms with Gasteiger partial charge in [-0.3, -0.25) is 0 Å². The summed E-state index contributed by atoms with van der Waals surface area (Å²) in [7, 11) is 0. The van der Waals surface area contributed by atoms with Crippen LogP contribution in [0.2, 0.25) is 0 Å². The number of thiazole rings is 1. The van der Waals surface area contributed by atoms with Crippen molar-refractivity contribution in [2.45, 2.75) is 0 Å². The molecule has 3 N–H and O–H groups in total. The summed E-state index contributed by atoms with van der Waals surface area (Å²) in [5, 5.41) is 0.606. The minimum atomic E-state index is 0.606. The number of anilines is 1. The second kappa shape index (κ2) is 2.39. The van der Waals surface area contributed by atoms with Crippen LogP contribution in [-0.4, -0.2) is 9.97 Å². The second-order valence-electron chi connectivity index (χ2n) is 2.15. The Hall–Kier alpha value is -1.29. The van der Waals surface area contributed by atoms with E-state index in [1.165, 1.54) is 11.3 Å². The van der Waals surface area contributed by atoms with Crippen molar-refractivity contribution in [3.05, 3.63) is 24.5 Å². The third kappa shape index (κ3) is 1.12. The molecule has 0 atom stereocenters. The fourth-order valence-corrected chi connectivity index (χ4v) is 1.57. The first-order valence-electron chi connectivity index (χ1n) is 3.21. The van der Waals surface area contributed by atoms with E-state index < -0.39 is 0 Å². The van der Waals surface area contributed by atoms with E-state index in [1.54, 1.807) is 6.20 Å². The van der Waals surface area contributed by atoms with E-state index in [2.05, 4.69) is 9.97 Å². The summed E-state index contributed by atoms with van der Waals surface area (Å²) < 4.78 is 0. The SMILES string of the molecule is Nc1ncc(-c2ccc[nH]2)s1. The smallest absolute Gasteiger partial charge is 0.180 e. The zero-order valence-electron chi connectivity index (χ0n) is 5.74. The highest BCUT2D eigenvalue weighted by molar-refractivity contribution is 7.18. The van der Waals surface area contributed by atoms with Gasteiger partial charge in [-0.15, -0.1) is 0 Å². The summed E-state index contributed by atoms with van der Waals surface area (Å²) in [6, 6.07) is 3.94. The minimum Gasteiger partial charge on any atom is -0.375 e. The molecule has 2 aromatic heterocycles. The van der Waals surface area contributed by atoms with E-state index >= 15 is 0 Å². The van der Waals surface area contributed by atoms with Gasteiger partial charge in [-0.1, -0.05) is 11.3 Å². The number of aromatic amines is 1. The number of rotatable bonds is 1. The first kappa shape index (κ1) is 6.42. The van der Waals surface area contributed by atoms with Crippen LogP contribution in [0.15, 0.2) is 24.5 Å². The number of nitrogens with one attached hydrogen (secondary N) is 1. The molecule has 2 aromatic rings. The molecule has 56 valence electrons. The van der Waals surface area contributed by atoms with Crippen molar-refractivity contribution in [1.29, 1.82) is 0 Å². The van der Waals surface area contributed by atoms with E-state index in [1.807, 2.05) is 18.3 Å². The molecule has 3 nitrogen and oxygen atoms in total. The van der Waals surface area contributed by atoms with Gasteiger partial charge in [-0.25, -0.2) is 4.98 Å². The summed E-state index contributed by atoms with van der Waals surface area (Å²) in [6.07, 6.45) is 3.65. The quantitative estimate of drug-likeness (QED) is 0.676. The van der Waals surface area contributed by atoms with E-state index in [-0.39, 0.29) is 0 Å². The van der Waals surface area contributed by atoms with Crippen molar-refractivity contribution in [1.82, 2.24) is 9.97 Å². The van der Waals surface area contributed by atoms with E-state index in [0.717, 1.165) is 10.6 Å². The standard InChI is InChI=1S/C7H7N3S/c8-7-10-4-6(11-7)5-2-1-3-9-5/h1-4,9H,(H2,8,10). The lowest BCUT2D eigenvalue weighted by atomic mass is 10.4. The van der Waals surface area contributed by atoms with Gasteiger partial charge in [0.15, 0.2) is 5.13 Å². The average Bonchev–Trinajstić information content (AvgIpc) is 2.55. The third-order valence-electron chi connectivity index (χ3n) is 1.39. The molecule has 0 aliphatic rings. The maximum atomic E-state index is 5.48. The van der Waals surface area contributed by atoms with Crippen molar-refractivity contribution >= 4 is 16.5 Å². The van der Waals surface area contributed by atoms with E-state index in [4.69, 9.17) is 5.73 Å². The maximum Gasteiger partial charge on any atom is 0.180 e. The monoisotopic (exact) mass is 165 g/mol. The van der Waals surface area contributed by atoms with Gasteiger partial charge in [-0.05, 0) is 12.1 Å². The third-order valence-corrected chi connectivity index (χ3v) is 2.25. The van der Waals surface area contributed by atoms with Crippen molar-refractivity contribution in [3.63, 3.8) is 0 Å². The molecule has 0 saturated heterocycles. The molecule has 0 unspecified atom stereocenters. The fraction of sp³-hybridized carbons (Fsp3) is 0. The summed E-state index contributed by atoms with van der Waals surface area (Å²) in [5.41, 5.74) is 6.55. The molecule has 0 radical (unpaired) electrons. The Kier molecular flexibility index (Phi) is 1.40. The Morgan fingerprint density at radius 3 is 3.00 bits per heavy atom. The molecule has 11 heavy (non-hydrogen) atoms. The summed E-state index contributed by atoms with van der Waals surface area (Å²) >= 11 is 1.48. The topological polar surface area (TPSA) is 54.7 Å². The van der Waals surface area contributed by atoms with Gasteiger partial charge >= 0.3 is 0 Å². The lowest BCUT2D eigenvalue weighted by molar-refractivity contribution is 1.39. The summed E-state index contributed by atoms with van der Waals surface area (Å²) in [6.45, 7) is 0. The van der Waals surface area contributed by atoms with Crippen LogP contribution >= 0.6 is 11.3 Å². The number of H-pyrrole nitrogens is 1. The predicted molar refractivity (Wildman–Crippen MR) is 46.3 cm³/mol. The lowest BCUT2D eigenvalue weighted by Crippen LogP contribution is -1.77. The number of nitrogens with two attached hydrogens (primary N) is 1. The molecule has 0 aromatic carbocycles. The Labute approximate surface area is 67.9 Å². The van der Waals surface area contributed by atoms with Gasteiger partial charge in [0.25, 0.3) is 0 Å². The van der Waals surface area contributed by atoms with Crippen LogP contribution in [0.1, 0.15) is 0 Å². The van der Waals surface area contributed by atoms with Crippen LogP contribution in [0.5, 0.6) is 0 Å². The summed E-state index contributed by atoms with van der Waals surface area (Å²) in [4.78, 5) is 8.11. The minimum absolute atomic E-state index is 0.606. The number of nitrogen functional groups attached to an aromatic ring is 1. The van der Waals surface area contributed by atoms with Gasteiger partial charge < -0.3 is 10.7 Å². The lowest BCUT2D eigenvalue weighted by Gasteiger charge is -1.86. The Bertz CT molecular complexity index is 336. The van der Waals surface area contributed by atoms with Crippen molar-refractivity contribution < 1.29 is 0 Å². The van der Waals surface area contributed by atoms with Crippen LogP contribution in [0.4, 0.5) is 5.13 Å². The second-order valence-corrected chi connectivity index (χ2v) is 3.21. The van der Waals surface area contributed by atoms with E-state index in [9.17, 15) is 0 Å². The van der Waals surface area contributed by atoms with Crippen LogP contribution in [0, 0.1) is 0 Å². The van der Waals surface area contributed by atoms with Crippen molar-refractivity contribution in [2.75, 3.05) is 5.73 Å². The van der Waals surface area contributed by atoms with Crippen LogP contribution < -0.4 is 5.73 Å². The zero-order chi connectivity index (χ0) is 7.68. The van der Waals surface area contributed by atoms with Crippen molar-refractivity contribution in [2.24, 2.45) is 0 Å². The highest BCUT2D eigenvalue weighted by atomic mass is 32.1. The fourth-order valence-electron chi connectivity index (χ4n) is 0.896. The molecule has 0 aliphatic carbocycles. The van der Waals surface area contributed by atoms with E-state index in [0.29, 0.717) is 5.13 Å². The molecule has 2 rings (SSSR count). The van der Waals surface area contributed by atoms with Crippen LogP contribution in [0.25, 0.3) is 10.6 Å². The maximum absolute atomic E-state index is 5.48. The first-order valence-corrected chi connectivity index (χ1v) is 4.03. The van der Waals surface area contributed by atoms with Gasteiger partial charge in [0.05, 0.1) is 10.6 Å². The number of aromatic nitrogens is 2. The molecule has 2 heterocycles. The van der Waals surface area contributed by atoms with Gasteiger partial charge in [-0.2, -0.15) is 0 Å². The number of hydrogen-bond acceptors (Lipinski definition) is 3. The highest BCUT2D eigenvalue weighted by Crippen LogP contribution is 2.25. The molecule has 0 bridgehead atoms. The van der Waals surface area contributed by atoms with Crippen LogP contribution in [0.3, 0.4) is 0 Å². The van der Waals surface area contributed by atoms with Crippen LogP contribution in [-0.2, 0) is 0 Å². The molecular weight excluding hydrogens is 158 g/mol. The molecule has 0 spiro atoms. The Morgan fingerprint density at radius 1 is 1.55 bits per heavy atom. The number of nitrogens with zero attached hydrogens (tertiary/aromatic N) is 1. The predicted octanol–water partition coefficient (Wildman–Crippen LogP) is 1.72. The first-order chi connectivity index (χ1) is 5.36. The molecule has 0 amide bonds. The van der Waals surface area contributed by atoms with Gasteiger partial charge in [0.2, 0.25) is 0 Å². The molecule has 0 fully saturated rings. The molecule has 0 saturated carbocycles. The normalized spacial score (nSPS) is 10.2. The molecular formula is C7H7N3S. The average molecular weight is 165 g/mol. The van der Waals surface area contributed by atoms with Gasteiger partial charge in [0, 0.05) is 12.4 Å². The zero-order valence-corrected chi connectivity index (χ0v) is 6.56. The number of hydrogen-bond donors (Lipinski definition) is 2.